The minimum absolute atomic E-state index is 0.0969. The Hall–Kier alpha value is -1.43. The molecular formula is C20H29N3O2S. The predicted molar refractivity (Wildman–Crippen MR) is 104 cm³/mol. The Morgan fingerprint density at radius 3 is 2.85 bits per heavy atom. The van der Waals surface area contributed by atoms with Crippen LogP contribution in [-0.4, -0.2) is 63.9 Å². The van der Waals surface area contributed by atoms with E-state index in [0.29, 0.717) is 30.2 Å². The monoisotopic (exact) mass is 375 g/mol. The number of amides is 2. The smallest absolute Gasteiger partial charge is 0.245 e. The molecule has 142 valence electrons. The molecule has 0 aromatic carbocycles. The van der Waals surface area contributed by atoms with E-state index in [1.807, 2.05) is 24.5 Å². The average molecular weight is 376 g/mol. The van der Waals surface area contributed by atoms with Crippen molar-refractivity contribution in [2.45, 2.75) is 44.2 Å². The maximum atomic E-state index is 13.4. The van der Waals surface area contributed by atoms with Crippen molar-refractivity contribution in [3.63, 3.8) is 0 Å². The van der Waals surface area contributed by atoms with Gasteiger partial charge in [-0.2, -0.15) is 11.8 Å². The van der Waals surface area contributed by atoms with Gasteiger partial charge in [0, 0.05) is 44.5 Å². The molecule has 3 saturated heterocycles. The fraction of sp³-hybridized carbons (Fsp3) is 0.700. The van der Waals surface area contributed by atoms with Gasteiger partial charge in [0.2, 0.25) is 11.8 Å². The molecule has 0 spiro atoms. The first-order valence-corrected chi connectivity index (χ1v) is 11.3. The summed E-state index contributed by atoms with van der Waals surface area (Å²) in [4.78, 5) is 29.9. The van der Waals surface area contributed by atoms with Crippen LogP contribution in [0.2, 0.25) is 0 Å². The molecule has 0 N–H and O–H groups in total. The quantitative estimate of drug-likeness (QED) is 0.795. The van der Waals surface area contributed by atoms with Crippen LogP contribution in [0.4, 0.5) is 0 Å². The first-order valence-electron chi connectivity index (χ1n) is 9.87. The number of fused-ring (bicyclic) bond motifs is 4. The van der Waals surface area contributed by atoms with Gasteiger partial charge in [-0.05, 0) is 61.7 Å². The third-order valence-electron chi connectivity index (χ3n) is 6.36. The molecule has 2 bridgehead atoms. The molecule has 4 heterocycles. The molecule has 3 fully saturated rings. The van der Waals surface area contributed by atoms with E-state index in [0.717, 1.165) is 44.6 Å². The van der Waals surface area contributed by atoms with Crippen LogP contribution in [0.3, 0.4) is 0 Å². The summed E-state index contributed by atoms with van der Waals surface area (Å²) >= 11 is 1.79. The van der Waals surface area contributed by atoms with Crippen molar-refractivity contribution in [3.8, 4) is 0 Å². The summed E-state index contributed by atoms with van der Waals surface area (Å²) < 4.78 is 2.07. The molecular weight excluding hydrogens is 346 g/mol. The Morgan fingerprint density at radius 1 is 1.27 bits per heavy atom. The summed E-state index contributed by atoms with van der Waals surface area (Å²) in [6.07, 6.45) is 11.0. The molecule has 6 heteroatoms. The minimum Gasteiger partial charge on any atom is -0.342 e. The Kier molecular flexibility index (Phi) is 5.30. The lowest BCUT2D eigenvalue weighted by atomic mass is 9.76. The third-order valence-corrected chi connectivity index (χ3v) is 7.00. The molecule has 0 aliphatic carbocycles. The normalized spacial score (nSPS) is 29.4. The molecule has 2 amide bonds. The number of rotatable bonds is 5. The van der Waals surface area contributed by atoms with E-state index in [4.69, 9.17) is 0 Å². The second-order valence-electron chi connectivity index (χ2n) is 8.04. The van der Waals surface area contributed by atoms with Crippen LogP contribution in [-0.2, 0) is 9.59 Å². The van der Waals surface area contributed by atoms with Crippen LogP contribution in [0.1, 0.15) is 38.1 Å². The van der Waals surface area contributed by atoms with E-state index in [1.54, 1.807) is 11.8 Å². The summed E-state index contributed by atoms with van der Waals surface area (Å²) in [5.74, 6) is 2.49. The fourth-order valence-electron chi connectivity index (χ4n) is 5.19. The highest BCUT2D eigenvalue weighted by Crippen LogP contribution is 2.38. The van der Waals surface area contributed by atoms with E-state index >= 15 is 0 Å². The Labute approximate surface area is 160 Å². The van der Waals surface area contributed by atoms with Crippen LogP contribution in [0.5, 0.6) is 0 Å². The van der Waals surface area contributed by atoms with E-state index in [9.17, 15) is 9.59 Å². The van der Waals surface area contributed by atoms with Gasteiger partial charge >= 0.3 is 0 Å². The van der Waals surface area contributed by atoms with Gasteiger partial charge in [0.25, 0.3) is 0 Å². The van der Waals surface area contributed by atoms with Crippen LogP contribution >= 0.6 is 11.8 Å². The van der Waals surface area contributed by atoms with Gasteiger partial charge in [0.05, 0.1) is 0 Å². The maximum Gasteiger partial charge on any atom is 0.245 e. The number of hydrogen-bond donors (Lipinski definition) is 0. The number of aromatic nitrogens is 1. The summed E-state index contributed by atoms with van der Waals surface area (Å²) in [5, 5.41) is 0. The predicted octanol–water partition coefficient (Wildman–Crippen LogP) is 2.64. The van der Waals surface area contributed by atoms with Crippen molar-refractivity contribution in [1.29, 1.82) is 0 Å². The van der Waals surface area contributed by atoms with Crippen molar-refractivity contribution in [3.05, 3.63) is 24.5 Å². The zero-order valence-corrected chi connectivity index (χ0v) is 16.4. The van der Waals surface area contributed by atoms with Crippen LogP contribution in [0.15, 0.2) is 24.5 Å². The number of carbonyl (C=O) groups excluding carboxylic acids is 2. The van der Waals surface area contributed by atoms with E-state index in [1.165, 1.54) is 6.42 Å². The molecule has 1 aromatic heterocycles. The molecule has 4 rings (SSSR count). The lowest BCUT2D eigenvalue weighted by Gasteiger charge is -2.52. The number of piperidine rings is 3. The highest BCUT2D eigenvalue weighted by Gasteiger charge is 2.45. The second kappa shape index (κ2) is 7.67. The van der Waals surface area contributed by atoms with Gasteiger partial charge in [-0.25, -0.2) is 0 Å². The van der Waals surface area contributed by atoms with Gasteiger partial charge in [-0.15, -0.1) is 0 Å². The average Bonchev–Trinajstić information content (AvgIpc) is 3.17. The van der Waals surface area contributed by atoms with Crippen LogP contribution < -0.4 is 0 Å². The Morgan fingerprint density at radius 2 is 2.08 bits per heavy atom. The number of nitrogens with zero attached hydrogens (tertiary/aromatic N) is 3. The lowest BCUT2D eigenvalue weighted by molar-refractivity contribution is -0.150. The number of hydrogen-bond acceptors (Lipinski definition) is 3. The molecule has 26 heavy (non-hydrogen) atoms. The number of carbonyl (C=O) groups is 2. The molecule has 5 nitrogen and oxygen atoms in total. The molecule has 0 radical (unpaired) electrons. The third kappa shape index (κ3) is 3.40. The molecule has 3 aliphatic heterocycles. The highest BCUT2D eigenvalue weighted by molar-refractivity contribution is 7.98. The first kappa shape index (κ1) is 18.0. The van der Waals surface area contributed by atoms with Gasteiger partial charge in [-0.3, -0.25) is 9.59 Å². The van der Waals surface area contributed by atoms with Crippen LogP contribution in [0, 0.1) is 11.8 Å². The van der Waals surface area contributed by atoms with Crippen LogP contribution in [0.25, 0.3) is 0 Å². The number of likely N-dealkylation sites (tertiary alicyclic amines) is 1. The van der Waals surface area contributed by atoms with E-state index in [-0.39, 0.29) is 11.9 Å². The van der Waals surface area contributed by atoms with Crippen molar-refractivity contribution in [2.75, 3.05) is 31.6 Å². The zero-order valence-electron chi connectivity index (χ0n) is 15.5. The summed E-state index contributed by atoms with van der Waals surface area (Å²) in [7, 11) is 0. The van der Waals surface area contributed by atoms with E-state index in [2.05, 4.69) is 20.6 Å². The lowest BCUT2D eigenvalue weighted by Crippen LogP contribution is -2.61. The van der Waals surface area contributed by atoms with Gasteiger partial charge in [0.1, 0.15) is 6.04 Å². The Balaban J connectivity index is 1.49. The fourth-order valence-corrected chi connectivity index (χ4v) is 5.64. The first-order chi connectivity index (χ1) is 12.7. The largest absolute Gasteiger partial charge is 0.342 e. The molecule has 3 aliphatic rings. The van der Waals surface area contributed by atoms with Crippen molar-refractivity contribution in [2.24, 2.45) is 11.8 Å². The standard InChI is InChI=1S/C20H29N3O2S/c1-26-10-7-18(21-8-2-3-9-21)20(25)22-12-15-11-16(14-22)17-5-4-6-19(24)23(17)13-15/h2-3,8-9,15-18H,4-7,10-14H2,1H3/t15-,16+,17-,18+/m1/s1. The summed E-state index contributed by atoms with van der Waals surface area (Å²) in [6, 6.07) is 4.26. The SMILES string of the molecule is CSCC[C@@H](C(=O)N1C[C@H]2C[C@@H](C1)[C@H]1CCCC(=O)N1C2)n1cccc1. The van der Waals surface area contributed by atoms with Crippen molar-refractivity contribution >= 4 is 23.6 Å². The minimum atomic E-state index is -0.0969. The van der Waals surface area contributed by atoms with Crippen molar-refractivity contribution < 1.29 is 9.59 Å². The Bertz CT molecular complexity index is 647. The highest BCUT2D eigenvalue weighted by atomic mass is 32.2. The summed E-state index contributed by atoms with van der Waals surface area (Å²) in [6.45, 7) is 2.48. The molecule has 4 atom stereocenters. The molecule has 1 aromatic rings. The van der Waals surface area contributed by atoms with Gasteiger partial charge in [0.15, 0.2) is 0 Å². The van der Waals surface area contributed by atoms with Crippen molar-refractivity contribution in [1.82, 2.24) is 14.4 Å². The topological polar surface area (TPSA) is 45.6 Å². The summed E-state index contributed by atoms with van der Waals surface area (Å²) in [5.41, 5.74) is 0. The van der Waals surface area contributed by atoms with E-state index < -0.39 is 0 Å². The molecule has 0 saturated carbocycles. The maximum absolute atomic E-state index is 13.4. The zero-order chi connectivity index (χ0) is 18.1. The van der Waals surface area contributed by atoms with Gasteiger partial charge < -0.3 is 14.4 Å². The van der Waals surface area contributed by atoms with Gasteiger partial charge in [-0.1, -0.05) is 0 Å². The number of thioether (sulfide) groups is 1. The second-order valence-corrected chi connectivity index (χ2v) is 9.02. The molecule has 0 unspecified atom stereocenters.